The van der Waals surface area contributed by atoms with E-state index in [0.29, 0.717) is 18.7 Å². The van der Waals surface area contributed by atoms with E-state index in [-0.39, 0.29) is 18.2 Å². The molecular formula is C18H26N4O4. The molecule has 0 spiro atoms. The number of methoxy groups -OCH3 is 1. The third-order valence-corrected chi connectivity index (χ3v) is 4.22. The van der Waals surface area contributed by atoms with Crippen molar-refractivity contribution in [1.82, 2.24) is 15.5 Å². The zero-order valence-corrected chi connectivity index (χ0v) is 15.3. The molecule has 2 rings (SSSR count). The van der Waals surface area contributed by atoms with Gasteiger partial charge in [-0.1, -0.05) is 0 Å². The molecule has 1 heterocycles. The van der Waals surface area contributed by atoms with Crippen LogP contribution in [0.3, 0.4) is 0 Å². The van der Waals surface area contributed by atoms with Crippen molar-refractivity contribution in [1.29, 1.82) is 0 Å². The third-order valence-electron chi connectivity index (χ3n) is 4.22. The summed E-state index contributed by atoms with van der Waals surface area (Å²) in [4.78, 5) is 39.0. The van der Waals surface area contributed by atoms with Gasteiger partial charge in [0.25, 0.3) is 0 Å². The minimum atomic E-state index is -0.503. The summed E-state index contributed by atoms with van der Waals surface area (Å²) in [7, 11) is 1.54. The molecule has 0 aliphatic carbocycles. The number of carbonyl (C=O) groups excluding carboxylic acids is 3. The summed E-state index contributed by atoms with van der Waals surface area (Å²) in [6.45, 7) is 5.53. The number of rotatable bonds is 7. The second kappa shape index (κ2) is 9.88. The molecule has 1 aliphatic heterocycles. The number of hydrogen-bond acceptors (Lipinski definition) is 6. The molecule has 0 unspecified atom stereocenters. The number of ether oxygens (including phenoxy) is 1. The van der Waals surface area contributed by atoms with Gasteiger partial charge in [0.2, 0.25) is 5.91 Å². The molecular weight excluding hydrogens is 336 g/mol. The molecule has 1 fully saturated rings. The van der Waals surface area contributed by atoms with Crippen LogP contribution < -0.4 is 15.5 Å². The van der Waals surface area contributed by atoms with Crippen LogP contribution in [-0.2, 0) is 9.53 Å². The minimum absolute atomic E-state index is 0.0543. The Morgan fingerprint density at radius 1 is 1.08 bits per heavy atom. The average molecular weight is 362 g/mol. The maximum absolute atomic E-state index is 11.9. The van der Waals surface area contributed by atoms with Crippen LogP contribution >= 0.6 is 0 Å². The maximum Gasteiger partial charge on any atom is 0.321 e. The molecule has 0 radical (unpaired) electrons. The number of nitrogens with zero attached hydrogens (tertiary/aromatic N) is 2. The van der Waals surface area contributed by atoms with Gasteiger partial charge < -0.3 is 15.0 Å². The number of nitrogens with one attached hydrogen (secondary N) is 2. The van der Waals surface area contributed by atoms with E-state index >= 15 is 0 Å². The molecule has 1 aromatic carbocycles. The van der Waals surface area contributed by atoms with Crippen LogP contribution in [0.2, 0.25) is 0 Å². The number of anilines is 1. The Morgan fingerprint density at radius 3 is 2.31 bits per heavy atom. The van der Waals surface area contributed by atoms with E-state index in [1.54, 1.807) is 14.0 Å². The van der Waals surface area contributed by atoms with E-state index in [0.717, 1.165) is 31.9 Å². The SMILES string of the molecule is COCCNC(=O)NC(=O)CN1CCN(c2ccc(C(C)=O)cc2)CC1. The van der Waals surface area contributed by atoms with E-state index in [1.165, 1.54) is 0 Å². The van der Waals surface area contributed by atoms with Gasteiger partial charge in [-0.2, -0.15) is 0 Å². The Bertz CT molecular complexity index is 625. The first kappa shape index (κ1) is 19.9. The third kappa shape index (κ3) is 6.12. The fraction of sp³-hybridized carbons (Fsp3) is 0.500. The molecule has 1 aliphatic rings. The van der Waals surface area contributed by atoms with E-state index in [2.05, 4.69) is 15.5 Å². The van der Waals surface area contributed by atoms with E-state index < -0.39 is 6.03 Å². The van der Waals surface area contributed by atoms with Crippen LogP contribution in [0.15, 0.2) is 24.3 Å². The smallest absolute Gasteiger partial charge is 0.321 e. The van der Waals surface area contributed by atoms with Crippen LogP contribution in [0.5, 0.6) is 0 Å². The van der Waals surface area contributed by atoms with Gasteiger partial charge in [-0.15, -0.1) is 0 Å². The van der Waals surface area contributed by atoms with Gasteiger partial charge in [-0.3, -0.25) is 19.8 Å². The molecule has 0 aromatic heterocycles. The predicted molar refractivity (Wildman–Crippen MR) is 98.5 cm³/mol. The highest BCUT2D eigenvalue weighted by Gasteiger charge is 2.20. The van der Waals surface area contributed by atoms with Crippen molar-refractivity contribution in [2.75, 3.05) is 57.9 Å². The van der Waals surface area contributed by atoms with Crippen LogP contribution in [0.25, 0.3) is 0 Å². The van der Waals surface area contributed by atoms with Gasteiger partial charge in [0.15, 0.2) is 5.78 Å². The Morgan fingerprint density at radius 2 is 1.73 bits per heavy atom. The number of amides is 3. The first-order valence-electron chi connectivity index (χ1n) is 8.64. The van der Waals surface area contributed by atoms with Crippen molar-refractivity contribution in [2.24, 2.45) is 0 Å². The van der Waals surface area contributed by atoms with E-state index in [1.807, 2.05) is 29.2 Å². The van der Waals surface area contributed by atoms with Crippen LogP contribution in [0.4, 0.5) is 10.5 Å². The number of carbonyl (C=O) groups is 3. The second-order valence-corrected chi connectivity index (χ2v) is 6.16. The zero-order chi connectivity index (χ0) is 18.9. The van der Waals surface area contributed by atoms with Crippen molar-refractivity contribution >= 4 is 23.4 Å². The standard InChI is InChI=1S/C18H26N4O4/c1-14(23)15-3-5-16(6-4-15)22-10-8-21(9-11-22)13-17(24)20-18(25)19-7-12-26-2/h3-6H,7-13H2,1-2H3,(H2,19,20,24,25). The Hall–Kier alpha value is -2.45. The number of benzene rings is 1. The number of hydrogen-bond donors (Lipinski definition) is 2. The van der Waals surface area contributed by atoms with E-state index in [9.17, 15) is 14.4 Å². The molecule has 26 heavy (non-hydrogen) atoms. The number of ketones is 1. The lowest BCUT2D eigenvalue weighted by molar-refractivity contribution is -0.121. The quantitative estimate of drug-likeness (QED) is 0.542. The first-order chi connectivity index (χ1) is 12.5. The van der Waals surface area contributed by atoms with Gasteiger partial charge in [-0.05, 0) is 31.2 Å². The number of urea groups is 1. The Labute approximate surface area is 153 Å². The fourth-order valence-electron chi connectivity index (χ4n) is 2.75. The van der Waals surface area contributed by atoms with Crippen molar-refractivity contribution in [3.8, 4) is 0 Å². The summed E-state index contributed by atoms with van der Waals surface area (Å²) in [5.41, 5.74) is 1.77. The van der Waals surface area contributed by atoms with Gasteiger partial charge in [0.1, 0.15) is 0 Å². The normalized spacial score (nSPS) is 14.8. The Balaban J connectivity index is 1.73. The first-order valence-corrected chi connectivity index (χ1v) is 8.64. The van der Waals surface area contributed by atoms with Crippen molar-refractivity contribution in [3.05, 3.63) is 29.8 Å². The average Bonchev–Trinajstić information content (AvgIpc) is 2.62. The molecule has 3 amide bonds. The predicted octanol–water partition coefficient (Wildman–Crippen LogP) is 0.483. The highest BCUT2D eigenvalue weighted by molar-refractivity contribution is 5.95. The summed E-state index contributed by atoms with van der Waals surface area (Å²) < 4.78 is 4.83. The number of piperazine rings is 1. The lowest BCUT2D eigenvalue weighted by Gasteiger charge is -2.35. The summed E-state index contributed by atoms with van der Waals surface area (Å²) in [6.07, 6.45) is 0. The zero-order valence-electron chi connectivity index (χ0n) is 15.3. The highest BCUT2D eigenvalue weighted by Crippen LogP contribution is 2.17. The monoisotopic (exact) mass is 362 g/mol. The highest BCUT2D eigenvalue weighted by atomic mass is 16.5. The van der Waals surface area contributed by atoms with E-state index in [4.69, 9.17) is 4.74 Å². The molecule has 2 N–H and O–H groups in total. The summed E-state index contributed by atoms with van der Waals surface area (Å²) in [5.74, 6) is -0.266. The minimum Gasteiger partial charge on any atom is -0.383 e. The molecule has 1 saturated heterocycles. The van der Waals surface area contributed by atoms with Crippen molar-refractivity contribution in [2.45, 2.75) is 6.92 Å². The largest absolute Gasteiger partial charge is 0.383 e. The fourth-order valence-corrected chi connectivity index (χ4v) is 2.75. The number of imide groups is 1. The van der Waals surface area contributed by atoms with Crippen molar-refractivity contribution in [3.63, 3.8) is 0 Å². The van der Waals surface area contributed by atoms with Gasteiger partial charge in [0, 0.05) is 51.1 Å². The molecule has 0 atom stereocenters. The van der Waals surface area contributed by atoms with Gasteiger partial charge in [0.05, 0.1) is 13.2 Å². The lowest BCUT2D eigenvalue weighted by Crippen LogP contribution is -2.51. The van der Waals surface area contributed by atoms with Crippen LogP contribution in [0, 0.1) is 0 Å². The maximum atomic E-state index is 11.9. The lowest BCUT2D eigenvalue weighted by atomic mass is 10.1. The van der Waals surface area contributed by atoms with Gasteiger partial charge in [-0.25, -0.2) is 4.79 Å². The molecule has 8 heteroatoms. The molecule has 0 bridgehead atoms. The molecule has 8 nitrogen and oxygen atoms in total. The molecule has 142 valence electrons. The Kier molecular flexibility index (Phi) is 7.55. The van der Waals surface area contributed by atoms with Crippen LogP contribution in [-0.4, -0.2) is 75.6 Å². The van der Waals surface area contributed by atoms with Crippen LogP contribution in [0.1, 0.15) is 17.3 Å². The topological polar surface area (TPSA) is 91.0 Å². The summed E-state index contributed by atoms with van der Waals surface area (Å²) in [6, 6.07) is 7.06. The van der Waals surface area contributed by atoms with Gasteiger partial charge >= 0.3 is 6.03 Å². The number of Topliss-reactive ketones (excluding diaryl/α,β-unsaturated/α-hetero) is 1. The molecule has 0 saturated carbocycles. The second-order valence-electron chi connectivity index (χ2n) is 6.16. The van der Waals surface area contributed by atoms with Crippen molar-refractivity contribution < 1.29 is 19.1 Å². The molecule has 1 aromatic rings. The summed E-state index contributed by atoms with van der Waals surface area (Å²) >= 11 is 0. The summed E-state index contributed by atoms with van der Waals surface area (Å²) in [5, 5.41) is 4.86.